The van der Waals surface area contributed by atoms with Crippen LogP contribution in [0.3, 0.4) is 0 Å². The maximum Gasteiger partial charge on any atom is 4.00 e. The van der Waals surface area contributed by atoms with E-state index in [0.29, 0.717) is 0 Å². The number of hydrogen-bond donors (Lipinski definition) is 0. The predicted molar refractivity (Wildman–Crippen MR) is 145 cm³/mol. The van der Waals surface area contributed by atoms with Crippen LogP contribution in [0, 0.1) is 19.9 Å². The van der Waals surface area contributed by atoms with Gasteiger partial charge >= 0.3 is 26.2 Å². The summed E-state index contributed by atoms with van der Waals surface area (Å²) in [5.41, 5.74) is 11.7. The zero-order valence-electron chi connectivity index (χ0n) is 23.5. The molecule has 0 fully saturated rings. The number of fused-ring (bicyclic) bond motifs is 3. The van der Waals surface area contributed by atoms with Gasteiger partial charge in [0.2, 0.25) is 0 Å². The molecule has 0 aromatic heterocycles. The van der Waals surface area contributed by atoms with E-state index in [1.807, 2.05) is 0 Å². The Morgan fingerprint density at radius 3 is 1.77 bits per heavy atom. The van der Waals surface area contributed by atoms with Crippen LogP contribution in [0.25, 0.3) is 11.1 Å². The van der Waals surface area contributed by atoms with Crippen LogP contribution in [0.15, 0.2) is 42.5 Å². The van der Waals surface area contributed by atoms with Crippen LogP contribution in [-0.2, 0) is 43.5 Å². The van der Waals surface area contributed by atoms with Crippen molar-refractivity contribution in [2.75, 3.05) is 0 Å². The van der Waals surface area contributed by atoms with E-state index in [1.54, 1.807) is 5.19 Å². The maximum absolute atomic E-state index is 3.53. The van der Waals surface area contributed by atoms with E-state index in [-0.39, 0.29) is 61.8 Å². The third-order valence-corrected chi connectivity index (χ3v) is 8.73. The average Bonchev–Trinajstić information content (AvgIpc) is 3.18. The SMILES string of the molecule is CC(C)(C)c1c[c-]c2c(c1)-c1cc(C(C)(C)C)ccc1C2.Cc1cc([Si](C)(C)C)c(C)[cH-]1.[Cl-].[Cl-].[Zr+4]. The van der Waals surface area contributed by atoms with Crippen molar-refractivity contribution in [3.05, 3.63) is 81.9 Å². The Hall–Kier alpha value is -0.530. The van der Waals surface area contributed by atoms with E-state index >= 15 is 0 Å². The topological polar surface area (TPSA) is 0 Å². The molecule has 0 saturated heterocycles. The van der Waals surface area contributed by atoms with E-state index in [4.69, 9.17) is 0 Å². The fourth-order valence-electron chi connectivity index (χ4n) is 4.60. The summed E-state index contributed by atoms with van der Waals surface area (Å²) >= 11 is 0. The molecule has 3 aromatic carbocycles. The molecule has 35 heavy (non-hydrogen) atoms. The Morgan fingerprint density at radius 1 is 0.800 bits per heavy atom. The normalized spacial score (nSPS) is 12.2. The summed E-state index contributed by atoms with van der Waals surface area (Å²) in [7, 11) is -1.06. The molecule has 0 spiro atoms. The van der Waals surface area contributed by atoms with Crippen LogP contribution in [0.4, 0.5) is 0 Å². The van der Waals surface area contributed by atoms with E-state index in [2.05, 4.69) is 124 Å². The van der Waals surface area contributed by atoms with Gasteiger partial charge in [-0.05, 0) is 17.4 Å². The molecule has 0 saturated carbocycles. The van der Waals surface area contributed by atoms with Gasteiger partial charge in [-0.3, -0.25) is 0 Å². The van der Waals surface area contributed by atoms with Crippen molar-refractivity contribution in [2.45, 2.75) is 92.3 Å². The molecule has 0 amide bonds. The maximum atomic E-state index is 3.53. The molecule has 1 aliphatic carbocycles. The van der Waals surface area contributed by atoms with Gasteiger partial charge in [-0.1, -0.05) is 110 Å². The van der Waals surface area contributed by atoms with Crippen molar-refractivity contribution >= 4 is 13.3 Å². The van der Waals surface area contributed by atoms with Crippen molar-refractivity contribution in [1.29, 1.82) is 0 Å². The third-order valence-electron chi connectivity index (χ3n) is 6.58. The summed E-state index contributed by atoms with van der Waals surface area (Å²) in [5.74, 6) is 0. The Labute approximate surface area is 248 Å². The summed E-state index contributed by atoms with van der Waals surface area (Å²) in [5, 5.41) is 1.62. The Kier molecular flexibility index (Phi) is 12.2. The molecule has 0 atom stereocenters. The smallest absolute Gasteiger partial charge is 1.00 e. The molecule has 188 valence electrons. The second-order valence-corrected chi connectivity index (χ2v) is 17.7. The molecule has 0 heterocycles. The Morgan fingerprint density at radius 2 is 1.34 bits per heavy atom. The van der Waals surface area contributed by atoms with Gasteiger partial charge in [0.1, 0.15) is 0 Å². The molecule has 0 radical (unpaired) electrons. The van der Waals surface area contributed by atoms with Gasteiger partial charge < -0.3 is 24.8 Å². The molecule has 0 aliphatic heterocycles. The van der Waals surface area contributed by atoms with Crippen molar-refractivity contribution in [2.24, 2.45) is 0 Å². The van der Waals surface area contributed by atoms with E-state index < -0.39 is 8.07 Å². The number of rotatable bonds is 1. The first-order chi connectivity index (χ1) is 14.6. The van der Waals surface area contributed by atoms with Crippen molar-refractivity contribution in [1.82, 2.24) is 0 Å². The van der Waals surface area contributed by atoms with Crippen LogP contribution < -0.4 is 30.0 Å². The second-order valence-electron chi connectivity index (χ2n) is 12.7. The number of aryl methyl sites for hydroxylation is 2. The Balaban J connectivity index is 0.000000714. The predicted octanol–water partition coefficient (Wildman–Crippen LogP) is 2.23. The quantitative estimate of drug-likeness (QED) is 0.231. The van der Waals surface area contributed by atoms with Crippen molar-refractivity contribution in [3.8, 4) is 11.1 Å². The molecule has 0 unspecified atom stereocenters. The van der Waals surface area contributed by atoms with E-state index in [9.17, 15) is 0 Å². The minimum atomic E-state index is -1.06. The fraction of sp³-hybridized carbons (Fsp3) is 0.452. The van der Waals surface area contributed by atoms with Gasteiger partial charge in [0, 0.05) is 8.07 Å². The van der Waals surface area contributed by atoms with Gasteiger partial charge in [0.05, 0.1) is 0 Å². The first-order valence-corrected chi connectivity index (χ1v) is 15.5. The molecular formula is C31H42Cl2SiZr. The average molecular weight is 605 g/mol. The Bertz CT molecular complexity index is 1060. The molecular weight excluding hydrogens is 563 g/mol. The molecule has 4 rings (SSSR count). The fourth-order valence-corrected chi connectivity index (χ4v) is 6.51. The van der Waals surface area contributed by atoms with Crippen molar-refractivity contribution in [3.63, 3.8) is 0 Å². The zero-order chi connectivity index (χ0) is 24.1. The van der Waals surface area contributed by atoms with Crippen LogP contribution >= 0.6 is 0 Å². The molecule has 0 N–H and O–H groups in total. The van der Waals surface area contributed by atoms with E-state index in [0.717, 1.165) is 6.42 Å². The first-order valence-electron chi connectivity index (χ1n) is 12.0. The van der Waals surface area contributed by atoms with Crippen LogP contribution in [0.2, 0.25) is 19.6 Å². The minimum Gasteiger partial charge on any atom is -1.00 e. The summed E-state index contributed by atoms with van der Waals surface area (Å²) in [4.78, 5) is 0. The second kappa shape index (κ2) is 12.3. The molecule has 0 nitrogen and oxygen atoms in total. The van der Waals surface area contributed by atoms with Gasteiger partial charge in [0.15, 0.2) is 0 Å². The standard InChI is InChI=1S/C21H25.C10H17Si.2ClH.Zr/c1-20(2,3)16-9-7-14-11-15-8-10-17(21(4,5)6)13-19(15)18(14)12-16;1-8-6-9(2)10(7-8)11(3,4)5;;;/h7,9-10,12-13H,11H2,1-6H3;6-7H,1-5H3;2*1H;/q2*-1;;;+4/p-2. The monoisotopic (exact) mass is 602 g/mol. The first kappa shape index (κ1) is 34.5. The van der Waals surface area contributed by atoms with Crippen molar-refractivity contribution < 1.29 is 51.0 Å². The third kappa shape index (κ3) is 8.23. The van der Waals surface area contributed by atoms with Gasteiger partial charge in [-0.15, -0.1) is 5.56 Å². The summed E-state index contributed by atoms with van der Waals surface area (Å²) in [6.45, 7) is 25.2. The van der Waals surface area contributed by atoms with Crippen LogP contribution in [-0.4, -0.2) is 8.07 Å². The number of benzene rings is 2. The van der Waals surface area contributed by atoms with Gasteiger partial charge in [0.25, 0.3) is 0 Å². The zero-order valence-corrected chi connectivity index (χ0v) is 28.5. The van der Waals surface area contributed by atoms with Gasteiger partial charge in [-0.2, -0.15) is 51.7 Å². The number of halogens is 2. The molecule has 4 heteroatoms. The largest absolute Gasteiger partial charge is 4.00 e. The number of hydrogen-bond acceptors (Lipinski definition) is 0. The van der Waals surface area contributed by atoms with Crippen LogP contribution in [0.5, 0.6) is 0 Å². The molecule has 3 aromatic rings. The summed E-state index contributed by atoms with van der Waals surface area (Å²) in [6, 6.07) is 19.7. The van der Waals surface area contributed by atoms with Crippen LogP contribution in [0.1, 0.15) is 74.9 Å². The minimum absolute atomic E-state index is 0. The molecule has 0 bridgehead atoms. The summed E-state index contributed by atoms with van der Waals surface area (Å²) < 4.78 is 0. The summed E-state index contributed by atoms with van der Waals surface area (Å²) in [6.07, 6.45) is 1.03. The van der Waals surface area contributed by atoms with E-state index in [1.165, 1.54) is 44.5 Å². The van der Waals surface area contributed by atoms with Gasteiger partial charge in [-0.25, -0.2) is 6.07 Å². The molecule has 1 aliphatic rings.